The van der Waals surface area contributed by atoms with Gasteiger partial charge >= 0.3 is 0 Å². The molecule has 0 unspecified atom stereocenters. The summed E-state index contributed by atoms with van der Waals surface area (Å²) in [5, 5.41) is 0. The van der Waals surface area contributed by atoms with Gasteiger partial charge in [-0.1, -0.05) is 11.1 Å². The van der Waals surface area contributed by atoms with E-state index in [1.807, 2.05) is 0 Å². The molecular weight excluding hydrogens is 194 g/mol. The highest BCUT2D eigenvalue weighted by Gasteiger charge is 2.40. The Morgan fingerprint density at radius 1 is 0.688 bits per heavy atom. The Labute approximate surface area is 101 Å². The van der Waals surface area contributed by atoms with Crippen LogP contribution in [-0.2, 0) is 0 Å². The van der Waals surface area contributed by atoms with E-state index >= 15 is 0 Å². The lowest BCUT2D eigenvalue weighted by molar-refractivity contribution is 0.0949. The summed E-state index contributed by atoms with van der Waals surface area (Å²) in [5.74, 6) is 0. The number of allylic oxidation sites excluding steroid dienone is 2. The van der Waals surface area contributed by atoms with Crippen molar-refractivity contribution in [1.29, 1.82) is 0 Å². The minimum atomic E-state index is 0.118. The van der Waals surface area contributed by atoms with Crippen LogP contribution in [0.1, 0.15) is 55.4 Å². The monoisotopic (exact) mass is 221 g/mol. The van der Waals surface area contributed by atoms with Gasteiger partial charge in [-0.15, -0.1) is 0 Å². The molecule has 92 valence electrons. The third kappa shape index (κ3) is 1.66. The van der Waals surface area contributed by atoms with Gasteiger partial charge in [0.15, 0.2) is 0 Å². The average Bonchev–Trinajstić information content (AvgIpc) is 2.24. The lowest BCUT2D eigenvalue weighted by atomic mass is 9.87. The van der Waals surface area contributed by atoms with Crippen molar-refractivity contribution in [3.05, 3.63) is 22.3 Å². The molecule has 1 heteroatoms. The maximum absolute atomic E-state index is 2.49. The fourth-order valence-electron chi connectivity index (χ4n) is 2.68. The first-order chi connectivity index (χ1) is 7.04. The van der Waals surface area contributed by atoms with E-state index in [0.29, 0.717) is 0 Å². The van der Waals surface area contributed by atoms with Crippen molar-refractivity contribution in [3.8, 4) is 0 Å². The number of rotatable bonds is 0. The minimum Gasteiger partial charge on any atom is -0.289 e. The third-order valence-corrected chi connectivity index (χ3v) is 5.20. The summed E-state index contributed by atoms with van der Waals surface area (Å²) in [6.07, 6.45) is 0. The molecule has 0 bridgehead atoms. The molecule has 1 rings (SSSR count). The summed E-state index contributed by atoms with van der Waals surface area (Å²) >= 11 is 0. The molecule has 0 amide bonds. The third-order valence-electron chi connectivity index (χ3n) is 5.20. The molecule has 0 fully saturated rings. The van der Waals surface area contributed by atoms with Crippen molar-refractivity contribution in [2.24, 2.45) is 0 Å². The fourth-order valence-corrected chi connectivity index (χ4v) is 2.68. The van der Waals surface area contributed by atoms with E-state index in [2.05, 4.69) is 67.3 Å². The molecule has 0 aromatic carbocycles. The van der Waals surface area contributed by atoms with Gasteiger partial charge in [-0.3, -0.25) is 4.90 Å². The number of hydrogen-bond donors (Lipinski definition) is 0. The van der Waals surface area contributed by atoms with Gasteiger partial charge in [-0.05, 0) is 73.6 Å². The highest BCUT2D eigenvalue weighted by Crippen LogP contribution is 2.41. The van der Waals surface area contributed by atoms with Crippen LogP contribution in [0.25, 0.3) is 0 Å². The molecule has 1 heterocycles. The second-order valence-corrected chi connectivity index (χ2v) is 6.18. The largest absolute Gasteiger partial charge is 0.289 e. The standard InChI is InChI=1S/C15H27N/c1-10-11(2)13(4)15(7,8)16(9)14(5,6)12(10)3/h1-9H3. The summed E-state index contributed by atoms with van der Waals surface area (Å²) in [6.45, 7) is 18.3. The van der Waals surface area contributed by atoms with Crippen molar-refractivity contribution in [2.45, 2.75) is 66.5 Å². The Bertz CT molecular complexity index is 331. The van der Waals surface area contributed by atoms with Gasteiger partial charge in [0, 0.05) is 11.1 Å². The molecule has 16 heavy (non-hydrogen) atoms. The van der Waals surface area contributed by atoms with Crippen molar-refractivity contribution >= 4 is 0 Å². The molecule has 0 saturated carbocycles. The Balaban J connectivity index is 3.55. The van der Waals surface area contributed by atoms with Crippen molar-refractivity contribution < 1.29 is 0 Å². The Hall–Kier alpha value is -0.560. The van der Waals surface area contributed by atoms with Crippen LogP contribution in [0.15, 0.2) is 22.3 Å². The summed E-state index contributed by atoms with van der Waals surface area (Å²) < 4.78 is 0. The van der Waals surface area contributed by atoms with E-state index in [9.17, 15) is 0 Å². The van der Waals surface area contributed by atoms with Crippen LogP contribution in [-0.4, -0.2) is 23.0 Å². The SMILES string of the molecule is CC1=C(C)C(C)(C)N(C)C(C)(C)C(C)=C1C. The molecule has 0 atom stereocenters. The van der Waals surface area contributed by atoms with E-state index in [4.69, 9.17) is 0 Å². The summed E-state index contributed by atoms with van der Waals surface area (Å²) in [4.78, 5) is 2.49. The summed E-state index contributed by atoms with van der Waals surface area (Å²) in [7, 11) is 2.24. The smallest absolute Gasteiger partial charge is 0.0372 e. The lowest BCUT2D eigenvalue weighted by Gasteiger charge is -2.46. The molecule has 0 spiro atoms. The van der Waals surface area contributed by atoms with Gasteiger partial charge in [0.2, 0.25) is 0 Å². The summed E-state index contributed by atoms with van der Waals surface area (Å²) in [6, 6.07) is 0. The lowest BCUT2D eigenvalue weighted by Crippen LogP contribution is -2.53. The second-order valence-electron chi connectivity index (χ2n) is 6.18. The molecule has 0 saturated heterocycles. The van der Waals surface area contributed by atoms with Gasteiger partial charge < -0.3 is 0 Å². The topological polar surface area (TPSA) is 3.24 Å². The average molecular weight is 221 g/mol. The van der Waals surface area contributed by atoms with Crippen LogP contribution in [0.4, 0.5) is 0 Å². The maximum atomic E-state index is 2.49. The highest BCUT2D eigenvalue weighted by atomic mass is 15.2. The van der Waals surface area contributed by atoms with Crippen molar-refractivity contribution in [2.75, 3.05) is 7.05 Å². The highest BCUT2D eigenvalue weighted by molar-refractivity contribution is 5.44. The van der Waals surface area contributed by atoms with E-state index in [1.54, 1.807) is 0 Å². The zero-order valence-electron chi connectivity index (χ0n) is 12.4. The zero-order valence-corrected chi connectivity index (χ0v) is 12.4. The predicted molar refractivity (Wildman–Crippen MR) is 72.7 cm³/mol. The first-order valence-electron chi connectivity index (χ1n) is 6.14. The summed E-state index contributed by atoms with van der Waals surface area (Å²) in [5.41, 5.74) is 6.12. The van der Waals surface area contributed by atoms with Gasteiger partial charge in [0.25, 0.3) is 0 Å². The van der Waals surface area contributed by atoms with Crippen LogP contribution in [0.3, 0.4) is 0 Å². The quantitative estimate of drug-likeness (QED) is 0.593. The van der Waals surface area contributed by atoms with Crippen LogP contribution in [0, 0.1) is 0 Å². The molecule has 0 aromatic heterocycles. The minimum absolute atomic E-state index is 0.118. The van der Waals surface area contributed by atoms with Gasteiger partial charge in [0.1, 0.15) is 0 Å². The number of hydrogen-bond acceptors (Lipinski definition) is 1. The molecule has 0 aromatic rings. The molecule has 0 radical (unpaired) electrons. The predicted octanol–water partition coefficient (Wildman–Crippen LogP) is 4.16. The molecule has 1 nitrogen and oxygen atoms in total. The van der Waals surface area contributed by atoms with Crippen LogP contribution in [0.5, 0.6) is 0 Å². The van der Waals surface area contributed by atoms with Gasteiger partial charge in [-0.2, -0.15) is 0 Å². The van der Waals surface area contributed by atoms with Gasteiger partial charge in [0.05, 0.1) is 0 Å². The number of likely N-dealkylation sites (N-methyl/N-ethyl adjacent to an activating group) is 1. The molecular formula is C15H27N. The van der Waals surface area contributed by atoms with Gasteiger partial charge in [-0.25, -0.2) is 0 Å². The Kier molecular flexibility index (Phi) is 3.15. The van der Waals surface area contributed by atoms with E-state index in [0.717, 1.165) is 0 Å². The molecule has 1 aliphatic heterocycles. The van der Waals surface area contributed by atoms with Crippen molar-refractivity contribution in [1.82, 2.24) is 4.90 Å². The Morgan fingerprint density at radius 3 is 1.19 bits per heavy atom. The van der Waals surface area contributed by atoms with E-state index < -0.39 is 0 Å². The zero-order chi connectivity index (χ0) is 12.9. The second kappa shape index (κ2) is 3.73. The first-order valence-corrected chi connectivity index (χ1v) is 6.14. The molecule has 1 aliphatic rings. The molecule has 0 N–H and O–H groups in total. The first kappa shape index (κ1) is 13.5. The van der Waals surface area contributed by atoms with E-state index in [1.165, 1.54) is 22.3 Å². The van der Waals surface area contributed by atoms with Crippen LogP contribution in [0.2, 0.25) is 0 Å². The normalized spacial score (nSPS) is 26.1. The maximum Gasteiger partial charge on any atom is 0.0372 e. The molecule has 0 aliphatic carbocycles. The van der Waals surface area contributed by atoms with Crippen molar-refractivity contribution in [3.63, 3.8) is 0 Å². The van der Waals surface area contributed by atoms with E-state index in [-0.39, 0.29) is 11.1 Å². The van der Waals surface area contributed by atoms with Crippen LogP contribution >= 0.6 is 0 Å². The Morgan fingerprint density at radius 2 is 0.938 bits per heavy atom. The van der Waals surface area contributed by atoms with Crippen LogP contribution < -0.4 is 0 Å². The fraction of sp³-hybridized carbons (Fsp3) is 0.733. The number of nitrogens with zero attached hydrogens (tertiary/aromatic N) is 1.